The quantitative estimate of drug-likeness (QED) is 0.843. The van der Waals surface area contributed by atoms with Crippen LogP contribution in [0.5, 0.6) is 0 Å². The van der Waals surface area contributed by atoms with Crippen LogP contribution in [0.2, 0.25) is 0 Å². The number of hydrogen-bond acceptors (Lipinski definition) is 4. The van der Waals surface area contributed by atoms with Gasteiger partial charge in [-0.25, -0.2) is 0 Å². The summed E-state index contributed by atoms with van der Waals surface area (Å²) >= 11 is 0. The van der Waals surface area contributed by atoms with Crippen molar-refractivity contribution in [3.8, 4) is 6.07 Å². The highest BCUT2D eigenvalue weighted by Gasteiger charge is 2.36. The average Bonchev–Trinajstić information content (AvgIpc) is 3.18. The molecule has 0 aromatic carbocycles. The van der Waals surface area contributed by atoms with Gasteiger partial charge in [0.25, 0.3) is 5.91 Å². The summed E-state index contributed by atoms with van der Waals surface area (Å²) in [6.45, 7) is 0.425. The maximum absolute atomic E-state index is 12.6. The van der Waals surface area contributed by atoms with Crippen molar-refractivity contribution in [3.05, 3.63) is 23.2 Å². The molecule has 0 bridgehead atoms. The monoisotopic (exact) mass is 272 g/mol. The predicted octanol–water partition coefficient (Wildman–Crippen LogP) is 2.32. The van der Waals surface area contributed by atoms with Crippen LogP contribution in [-0.4, -0.2) is 29.2 Å². The molecule has 1 aromatic rings. The lowest BCUT2D eigenvalue weighted by Crippen LogP contribution is -2.34. The molecule has 1 aromatic heterocycles. The number of hydrogen-bond donors (Lipinski definition) is 0. The topological polar surface area (TPSA) is 74.3 Å². The van der Waals surface area contributed by atoms with Crippen LogP contribution >= 0.6 is 0 Å². The minimum atomic E-state index is -0.164. The van der Waals surface area contributed by atoms with Crippen LogP contribution in [0.25, 0.3) is 0 Å². The van der Waals surface area contributed by atoms with Gasteiger partial charge < -0.3 is 9.32 Å². The average molecular weight is 272 g/mol. The maximum Gasteiger partial charge on any atom is 0.258 e. The number of rotatable bonds is 4. The number of furan rings is 1. The molecule has 0 atom stereocenters. The Hall–Kier alpha value is -2.09. The van der Waals surface area contributed by atoms with Crippen molar-refractivity contribution in [3.63, 3.8) is 0 Å². The van der Waals surface area contributed by atoms with Crippen LogP contribution in [0.3, 0.4) is 0 Å². The SMILES string of the molecule is N#CCCN(C(=O)c1coc2c1C(=O)CCC2)C1CC1. The lowest BCUT2D eigenvalue weighted by atomic mass is 9.93. The summed E-state index contributed by atoms with van der Waals surface area (Å²) in [7, 11) is 0. The number of carbonyl (C=O) groups excluding carboxylic acids is 2. The fourth-order valence-corrected chi connectivity index (χ4v) is 2.74. The van der Waals surface area contributed by atoms with Gasteiger partial charge in [-0.3, -0.25) is 9.59 Å². The zero-order valence-corrected chi connectivity index (χ0v) is 11.2. The van der Waals surface area contributed by atoms with E-state index in [2.05, 4.69) is 6.07 Å². The molecule has 0 aliphatic heterocycles. The van der Waals surface area contributed by atoms with Gasteiger partial charge in [0.05, 0.1) is 23.6 Å². The second-order valence-electron chi connectivity index (χ2n) is 5.36. The lowest BCUT2D eigenvalue weighted by Gasteiger charge is -2.21. The molecule has 104 valence electrons. The largest absolute Gasteiger partial charge is 0.468 e. The van der Waals surface area contributed by atoms with E-state index in [1.54, 1.807) is 4.90 Å². The van der Waals surface area contributed by atoms with Crippen molar-refractivity contribution in [2.24, 2.45) is 0 Å². The highest BCUT2D eigenvalue weighted by Crippen LogP contribution is 2.32. The van der Waals surface area contributed by atoms with Crippen molar-refractivity contribution >= 4 is 11.7 Å². The Morgan fingerprint density at radius 2 is 2.25 bits per heavy atom. The number of Topliss-reactive ketones (excluding diaryl/α,β-unsaturated/α-hetero) is 1. The molecule has 0 saturated heterocycles. The third-order valence-electron chi connectivity index (χ3n) is 3.90. The van der Waals surface area contributed by atoms with Gasteiger partial charge >= 0.3 is 0 Å². The zero-order chi connectivity index (χ0) is 14.1. The highest BCUT2D eigenvalue weighted by molar-refractivity contribution is 6.09. The van der Waals surface area contributed by atoms with E-state index < -0.39 is 0 Å². The molecule has 0 radical (unpaired) electrons. The fraction of sp³-hybridized carbons (Fsp3) is 0.533. The molecular formula is C15H16N2O3. The van der Waals surface area contributed by atoms with Gasteiger partial charge in [0.2, 0.25) is 0 Å². The van der Waals surface area contributed by atoms with Crippen molar-refractivity contribution in [2.75, 3.05) is 6.54 Å². The molecule has 1 fully saturated rings. The molecule has 3 rings (SSSR count). The molecule has 1 heterocycles. The van der Waals surface area contributed by atoms with Crippen molar-refractivity contribution in [1.29, 1.82) is 5.26 Å². The maximum atomic E-state index is 12.6. The Balaban J connectivity index is 1.88. The van der Waals surface area contributed by atoms with E-state index in [-0.39, 0.29) is 17.7 Å². The predicted molar refractivity (Wildman–Crippen MR) is 70.3 cm³/mol. The van der Waals surface area contributed by atoms with E-state index in [9.17, 15) is 9.59 Å². The molecule has 1 saturated carbocycles. The smallest absolute Gasteiger partial charge is 0.258 e. The summed E-state index contributed by atoms with van der Waals surface area (Å²) in [4.78, 5) is 26.3. The van der Waals surface area contributed by atoms with Crippen molar-refractivity contribution in [2.45, 2.75) is 44.6 Å². The third kappa shape index (κ3) is 2.22. The van der Waals surface area contributed by atoms with Gasteiger partial charge in [0.15, 0.2) is 5.78 Å². The van der Waals surface area contributed by atoms with E-state index in [4.69, 9.17) is 9.68 Å². The summed E-state index contributed by atoms with van der Waals surface area (Å²) in [5.41, 5.74) is 0.860. The van der Waals surface area contributed by atoms with Crippen LogP contribution < -0.4 is 0 Å². The molecule has 2 aliphatic carbocycles. The van der Waals surface area contributed by atoms with Crippen LogP contribution in [0, 0.1) is 11.3 Å². The van der Waals surface area contributed by atoms with Gasteiger partial charge in [0, 0.05) is 25.4 Å². The van der Waals surface area contributed by atoms with Crippen molar-refractivity contribution in [1.82, 2.24) is 4.90 Å². The molecule has 1 amide bonds. The second kappa shape index (κ2) is 5.12. The Morgan fingerprint density at radius 1 is 1.45 bits per heavy atom. The van der Waals surface area contributed by atoms with E-state index in [0.717, 1.165) is 25.7 Å². The normalized spacial score (nSPS) is 17.4. The van der Waals surface area contributed by atoms with Crippen LogP contribution in [0.1, 0.15) is 58.6 Å². The van der Waals surface area contributed by atoms with Gasteiger partial charge in [-0.05, 0) is 19.3 Å². The summed E-state index contributed by atoms with van der Waals surface area (Å²) in [6, 6.07) is 2.29. The highest BCUT2D eigenvalue weighted by atomic mass is 16.3. The summed E-state index contributed by atoms with van der Waals surface area (Å²) < 4.78 is 5.40. The first kappa shape index (κ1) is 12.9. The number of nitrogens with zero attached hydrogens (tertiary/aromatic N) is 2. The molecule has 5 nitrogen and oxygen atoms in total. The summed E-state index contributed by atoms with van der Waals surface area (Å²) in [6.07, 6.45) is 5.67. The molecule has 0 spiro atoms. The minimum absolute atomic E-state index is 0.000574. The van der Waals surface area contributed by atoms with E-state index in [1.807, 2.05) is 0 Å². The minimum Gasteiger partial charge on any atom is -0.468 e. The Kier molecular flexibility index (Phi) is 3.31. The third-order valence-corrected chi connectivity index (χ3v) is 3.90. The molecule has 5 heteroatoms. The summed E-state index contributed by atoms with van der Waals surface area (Å²) in [5, 5.41) is 8.70. The molecule has 0 unspecified atom stereocenters. The van der Waals surface area contributed by atoms with E-state index >= 15 is 0 Å². The van der Waals surface area contributed by atoms with Crippen LogP contribution in [-0.2, 0) is 6.42 Å². The number of carbonyl (C=O) groups is 2. The number of aryl methyl sites for hydroxylation is 1. The van der Waals surface area contributed by atoms with Gasteiger partial charge in [-0.2, -0.15) is 5.26 Å². The molecule has 20 heavy (non-hydrogen) atoms. The fourth-order valence-electron chi connectivity index (χ4n) is 2.74. The van der Waals surface area contributed by atoms with Crippen LogP contribution in [0.15, 0.2) is 10.7 Å². The van der Waals surface area contributed by atoms with E-state index in [1.165, 1.54) is 6.26 Å². The van der Waals surface area contributed by atoms with Gasteiger partial charge in [-0.15, -0.1) is 0 Å². The molecule has 0 N–H and O–H groups in total. The van der Waals surface area contributed by atoms with Gasteiger partial charge in [-0.1, -0.05) is 0 Å². The first-order valence-corrected chi connectivity index (χ1v) is 7.04. The number of amides is 1. The first-order chi connectivity index (χ1) is 9.72. The summed E-state index contributed by atoms with van der Waals surface area (Å²) in [5.74, 6) is 0.475. The van der Waals surface area contributed by atoms with Crippen molar-refractivity contribution < 1.29 is 14.0 Å². The van der Waals surface area contributed by atoms with E-state index in [0.29, 0.717) is 36.3 Å². The Bertz CT molecular complexity index is 593. The number of ketones is 1. The van der Waals surface area contributed by atoms with Crippen LogP contribution in [0.4, 0.5) is 0 Å². The zero-order valence-electron chi connectivity index (χ0n) is 11.2. The lowest BCUT2D eigenvalue weighted by molar-refractivity contribution is 0.0741. The number of nitriles is 1. The Labute approximate surface area is 117 Å². The molecule has 2 aliphatic rings. The standard InChI is InChI=1S/C15H16N2O3/c16-7-2-8-17(10-5-6-10)15(19)11-9-20-13-4-1-3-12(18)14(11)13/h9-10H,1-6,8H2. The van der Waals surface area contributed by atoms with Gasteiger partial charge in [0.1, 0.15) is 12.0 Å². The number of fused-ring (bicyclic) bond motifs is 1. The Morgan fingerprint density at radius 3 is 2.95 bits per heavy atom. The molecular weight excluding hydrogens is 256 g/mol. The first-order valence-electron chi connectivity index (χ1n) is 7.04. The second-order valence-corrected chi connectivity index (χ2v) is 5.36.